The maximum atomic E-state index is 11.3. The number of rotatable bonds is 15. The largest absolute Gasteiger partial charge is 0.496 e. The Hall–Kier alpha value is -3.72. The highest BCUT2D eigenvalue weighted by Gasteiger charge is 2.10. The zero-order valence-electron chi connectivity index (χ0n) is 21.0. The van der Waals surface area contributed by atoms with Gasteiger partial charge >= 0.3 is 5.97 Å². The fraction of sp³-hybridized carbons (Fsp3) is 0.379. The smallest absolute Gasteiger partial charge is 0.333 e. The van der Waals surface area contributed by atoms with Crippen molar-refractivity contribution in [2.45, 2.75) is 45.4 Å². The van der Waals surface area contributed by atoms with Crippen LogP contribution in [0.5, 0.6) is 17.2 Å². The van der Waals surface area contributed by atoms with E-state index in [9.17, 15) is 10.1 Å². The topological polar surface area (TPSA) is 77.8 Å². The summed E-state index contributed by atoms with van der Waals surface area (Å²) in [7, 11) is 3.20. The fourth-order valence-electron chi connectivity index (χ4n) is 3.48. The van der Waals surface area contributed by atoms with E-state index in [0.29, 0.717) is 41.6 Å². The summed E-state index contributed by atoms with van der Waals surface area (Å²) in [5.74, 6) is 1.64. The number of carbonyl (C=O) groups is 1. The van der Waals surface area contributed by atoms with Gasteiger partial charge < -0.3 is 18.9 Å². The van der Waals surface area contributed by atoms with Gasteiger partial charge in [0.15, 0.2) is 11.5 Å². The predicted octanol–water partition coefficient (Wildman–Crippen LogP) is 6.61. The lowest BCUT2D eigenvalue weighted by Gasteiger charge is -2.12. The average molecular weight is 478 g/mol. The number of ether oxygens (including phenoxy) is 4. The molecule has 6 nitrogen and oxygen atoms in total. The molecular formula is C29H35NO5. The summed E-state index contributed by atoms with van der Waals surface area (Å²) in [6.45, 7) is 6.28. The Kier molecular flexibility index (Phi) is 12.0. The number of carbonyl (C=O) groups excluding carboxylic acids is 1. The molecule has 0 aliphatic carbocycles. The van der Waals surface area contributed by atoms with Crippen LogP contribution in [-0.4, -0.2) is 33.4 Å². The summed E-state index contributed by atoms with van der Waals surface area (Å²) in [6.07, 6.45) is 7.94. The molecule has 6 heteroatoms. The third-order valence-corrected chi connectivity index (χ3v) is 5.39. The van der Waals surface area contributed by atoms with E-state index in [4.69, 9.17) is 18.9 Å². The minimum atomic E-state index is -0.316. The molecule has 2 aromatic rings. The minimum Gasteiger partial charge on any atom is -0.496 e. The van der Waals surface area contributed by atoms with E-state index in [1.54, 1.807) is 21.1 Å². The molecular weight excluding hydrogens is 442 g/mol. The highest BCUT2D eigenvalue weighted by atomic mass is 16.5. The molecule has 0 bridgehead atoms. The molecule has 0 radical (unpaired) electrons. The molecule has 0 saturated heterocycles. The molecule has 35 heavy (non-hydrogen) atoms. The minimum absolute atomic E-state index is 0.316. The highest BCUT2D eigenvalue weighted by molar-refractivity contribution is 5.91. The number of methoxy groups -OCH3 is 2. The summed E-state index contributed by atoms with van der Waals surface area (Å²) in [4.78, 5) is 11.3. The predicted molar refractivity (Wildman–Crippen MR) is 138 cm³/mol. The van der Waals surface area contributed by atoms with Gasteiger partial charge in [0, 0.05) is 11.1 Å². The Bertz CT molecular complexity index is 1050. The Morgan fingerprint density at radius 2 is 1.57 bits per heavy atom. The quantitative estimate of drug-likeness (QED) is 0.0945. The molecule has 0 aromatic heterocycles. The number of esters is 1. The summed E-state index contributed by atoms with van der Waals surface area (Å²) in [5, 5.41) is 9.68. The summed E-state index contributed by atoms with van der Waals surface area (Å²) in [6, 6.07) is 15.3. The summed E-state index contributed by atoms with van der Waals surface area (Å²) in [5.41, 5.74) is 2.52. The van der Waals surface area contributed by atoms with E-state index in [1.807, 2.05) is 48.5 Å². The number of nitriles is 1. The number of para-hydroxylation sites is 1. The van der Waals surface area contributed by atoms with E-state index in [0.717, 1.165) is 49.7 Å². The number of nitrogens with zero attached hydrogens (tertiary/aromatic N) is 1. The normalized spacial score (nSPS) is 10.9. The first-order valence-electron chi connectivity index (χ1n) is 11.9. The first-order chi connectivity index (χ1) is 17.0. The molecule has 2 rings (SSSR count). The molecule has 0 amide bonds. The molecule has 0 fully saturated rings. The van der Waals surface area contributed by atoms with Gasteiger partial charge in [0.1, 0.15) is 5.75 Å². The third kappa shape index (κ3) is 9.21. The average Bonchev–Trinajstić information content (AvgIpc) is 2.88. The molecule has 0 saturated carbocycles. The van der Waals surface area contributed by atoms with Crippen LogP contribution in [0.4, 0.5) is 0 Å². The molecule has 0 aliphatic rings. The van der Waals surface area contributed by atoms with Crippen LogP contribution in [0.25, 0.3) is 11.6 Å². The fourth-order valence-corrected chi connectivity index (χ4v) is 3.48. The van der Waals surface area contributed by atoms with E-state index in [-0.39, 0.29) is 5.97 Å². The van der Waals surface area contributed by atoms with Crippen LogP contribution in [-0.2, 0) is 9.53 Å². The SMILES string of the molecule is C=C(C)C(=O)OCCCCCCCCOc1ccc(C=C(C#N)c2ccccc2OC)cc1OC. The van der Waals surface area contributed by atoms with Crippen molar-refractivity contribution in [3.05, 3.63) is 65.7 Å². The van der Waals surface area contributed by atoms with E-state index >= 15 is 0 Å². The number of unbranched alkanes of at least 4 members (excludes halogenated alkanes) is 5. The second-order valence-corrected chi connectivity index (χ2v) is 8.17. The van der Waals surface area contributed by atoms with Gasteiger partial charge in [-0.05, 0) is 55.7 Å². The van der Waals surface area contributed by atoms with Gasteiger partial charge in [0.05, 0.1) is 39.1 Å². The van der Waals surface area contributed by atoms with Gasteiger partial charge in [-0.2, -0.15) is 5.26 Å². The van der Waals surface area contributed by atoms with Crippen molar-refractivity contribution < 1.29 is 23.7 Å². The molecule has 0 spiro atoms. The zero-order chi connectivity index (χ0) is 25.5. The standard InChI is InChI=1S/C29H35NO5/c1-22(2)29(31)35-18-12-8-6-5-7-11-17-34-27-16-15-23(20-28(27)33-4)19-24(21-30)25-13-9-10-14-26(25)32-3/h9-10,13-16,19-20H,1,5-8,11-12,17-18H2,2-4H3. The lowest BCUT2D eigenvalue weighted by atomic mass is 10.0. The molecule has 0 N–H and O–H groups in total. The van der Waals surface area contributed by atoms with Gasteiger partial charge in [-0.15, -0.1) is 0 Å². The van der Waals surface area contributed by atoms with Crippen LogP contribution in [0.15, 0.2) is 54.6 Å². The molecule has 0 unspecified atom stereocenters. The monoisotopic (exact) mass is 477 g/mol. The number of hydrogen-bond donors (Lipinski definition) is 0. The van der Waals surface area contributed by atoms with Crippen molar-refractivity contribution in [3.63, 3.8) is 0 Å². The Labute approximate surface area is 208 Å². The second-order valence-electron chi connectivity index (χ2n) is 8.17. The first kappa shape index (κ1) is 27.5. The van der Waals surface area contributed by atoms with Gasteiger partial charge in [-0.1, -0.05) is 50.5 Å². The molecule has 0 heterocycles. The van der Waals surface area contributed by atoms with Crippen LogP contribution in [0.1, 0.15) is 56.6 Å². The van der Waals surface area contributed by atoms with Crippen LogP contribution in [0, 0.1) is 11.3 Å². The molecule has 0 aliphatic heterocycles. The van der Waals surface area contributed by atoms with Crippen molar-refractivity contribution in [3.8, 4) is 23.3 Å². The van der Waals surface area contributed by atoms with Crippen LogP contribution in [0.3, 0.4) is 0 Å². The molecule has 186 valence electrons. The van der Waals surface area contributed by atoms with E-state index in [1.165, 1.54) is 0 Å². The van der Waals surface area contributed by atoms with Gasteiger partial charge in [-0.25, -0.2) is 4.79 Å². The molecule has 2 aromatic carbocycles. The Morgan fingerprint density at radius 1 is 0.914 bits per heavy atom. The Balaban J connectivity index is 1.80. The van der Waals surface area contributed by atoms with Crippen LogP contribution >= 0.6 is 0 Å². The second kappa shape index (κ2) is 15.2. The number of benzene rings is 2. The number of allylic oxidation sites excluding steroid dienone is 1. The Morgan fingerprint density at radius 3 is 2.23 bits per heavy atom. The summed E-state index contributed by atoms with van der Waals surface area (Å²) >= 11 is 0. The van der Waals surface area contributed by atoms with Crippen molar-refractivity contribution in [1.82, 2.24) is 0 Å². The molecule has 0 atom stereocenters. The van der Waals surface area contributed by atoms with Crippen molar-refractivity contribution >= 4 is 17.6 Å². The van der Waals surface area contributed by atoms with E-state index < -0.39 is 0 Å². The third-order valence-electron chi connectivity index (χ3n) is 5.39. The van der Waals surface area contributed by atoms with Crippen LogP contribution in [0.2, 0.25) is 0 Å². The van der Waals surface area contributed by atoms with Gasteiger partial charge in [-0.3, -0.25) is 0 Å². The highest BCUT2D eigenvalue weighted by Crippen LogP contribution is 2.31. The summed E-state index contributed by atoms with van der Waals surface area (Å²) < 4.78 is 21.9. The van der Waals surface area contributed by atoms with Crippen molar-refractivity contribution in [2.24, 2.45) is 0 Å². The van der Waals surface area contributed by atoms with Crippen LogP contribution < -0.4 is 14.2 Å². The first-order valence-corrected chi connectivity index (χ1v) is 11.9. The van der Waals surface area contributed by atoms with E-state index in [2.05, 4.69) is 12.6 Å². The van der Waals surface area contributed by atoms with Crippen molar-refractivity contribution in [1.29, 1.82) is 5.26 Å². The number of hydrogen-bond acceptors (Lipinski definition) is 6. The zero-order valence-corrected chi connectivity index (χ0v) is 21.0. The lowest BCUT2D eigenvalue weighted by molar-refractivity contribution is -0.139. The van der Waals surface area contributed by atoms with Gasteiger partial charge in [0.25, 0.3) is 0 Å². The maximum Gasteiger partial charge on any atom is 0.333 e. The lowest BCUT2D eigenvalue weighted by Crippen LogP contribution is -2.06. The van der Waals surface area contributed by atoms with Crippen molar-refractivity contribution in [2.75, 3.05) is 27.4 Å². The van der Waals surface area contributed by atoms with Gasteiger partial charge in [0.2, 0.25) is 0 Å². The maximum absolute atomic E-state index is 11.3.